The minimum atomic E-state index is 0.459. The molecule has 0 amide bonds. The Morgan fingerprint density at radius 1 is 1.03 bits per heavy atom. The highest BCUT2D eigenvalue weighted by molar-refractivity contribution is 6.32. The molecule has 0 radical (unpaired) electrons. The molecule has 1 aliphatic heterocycles. The van der Waals surface area contributed by atoms with Crippen molar-refractivity contribution < 1.29 is 5.21 Å². The summed E-state index contributed by atoms with van der Waals surface area (Å²) in [4.78, 5) is 8.73. The normalized spacial score (nSPS) is 18.8. The lowest BCUT2D eigenvalue weighted by Gasteiger charge is -2.36. The molecule has 1 aromatic heterocycles. The van der Waals surface area contributed by atoms with Crippen molar-refractivity contribution in [2.45, 2.75) is 38.0 Å². The molecule has 29 heavy (non-hydrogen) atoms. The van der Waals surface area contributed by atoms with Crippen LogP contribution in [0.3, 0.4) is 0 Å². The third kappa shape index (κ3) is 4.79. The Kier molecular flexibility index (Phi) is 6.46. The van der Waals surface area contributed by atoms with Crippen LogP contribution in [0.15, 0.2) is 41.5 Å². The molecular formula is C21H27ClN6O. The molecule has 8 heteroatoms. The number of hydrogen-bond donors (Lipinski definition) is 2. The van der Waals surface area contributed by atoms with Gasteiger partial charge in [-0.1, -0.05) is 43.0 Å². The van der Waals surface area contributed by atoms with Crippen LogP contribution in [0.2, 0.25) is 5.02 Å². The molecule has 2 aliphatic rings. The number of guanidine groups is 1. The molecule has 2 heterocycles. The minimum absolute atomic E-state index is 0.459. The van der Waals surface area contributed by atoms with Crippen LogP contribution in [0.5, 0.6) is 0 Å². The van der Waals surface area contributed by atoms with E-state index in [2.05, 4.69) is 37.7 Å². The van der Waals surface area contributed by atoms with Crippen LogP contribution in [0.25, 0.3) is 0 Å². The van der Waals surface area contributed by atoms with Gasteiger partial charge in [0.15, 0.2) is 5.82 Å². The molecule has 2 fully saturated rings. The van der Waals surface area contributed by atoms with Crippen LogP contribution in [0.4, 0.5) is 11.5 Å². The van der Waals surface area contributed by atoms with E-state index in [4.69, 9.17) is 11.6 Å². The van der Waals surface area contributed by atoms with Gasteiger partial charge in [-0.15, -0.1) is 5.10 Å². The second kappa shape index (κ2) is 9.41. The van der Waals surface area contributed by atoms with Crippen LogP contribution < -0.4 is 10.4 Å². The molecule has 154 valence electrons. The summed E-state index contributed by atoms with van der Waals surface area (Å²) in [6.45, 7) is 2.83. The monoisotopic (exact) mass is 414 g/mol. The zero-order chi connectivity index (χ0) is 20.1. The van der Waals surface area contributed by atoms with E-state index >= 15 is 0 Å². The number of nitrogens with zero attached hydrogens (tertiary/aromatic N) is 5. The highest BCUT2D eigenvalue weighted by atomic mass is 35.5. The molecule has 0 bridgehead atoms. The van der Waals surface area contributed by atoms with Gasteiger partial charge in [0.1, 0.15) is 0 Å². The molecule has 0 spiro atoms. The summed E-state index contributed by atoms with van der Waals surface area (Å²) in [6.07, 6.45) is 8.17. The highest BCUT2D eigenvalue weighted by Crippen LogP contribution is 2.33. The van der Waals surface area contributed by atoms with Gasteiger partial charge in [0.05, 0.1) is 16.9 Å². The first-order valence-corrected chi connectivity index (χ1v) is 10.7. The number of halogens is 1. The lowest BCUT2D eigenvalue weighted by molar-refractivity contribution is 0.207. The third-order valence-corrected chi connectivity index (χ3v) is 6.13. The van der Waals surface area contributed by atoms with Gasteiger partial charge in [-0.3, -0.25) is 5.21 Å². The topological polar surface area (TPSA) is 76.9 Å². The van der Waals surface area contributed by atoms with E-state index in [1.165, 1.54) is 37.7 Å². The molecule has 1 aliphatic carbocycles. The molecule has 7 nitrogen and oxygen atoms in total. The van der Waals surface area contributed by atoms with Crippen LogP contribution in [0, 0.1) is 0 Å². The first-order chi connectivity index (χ1) is 14.2. The Morgan fingerprint density at radius 2 is 1.76 bits per heavy atom. The maximum Gasteiger partial charge on any atom is 0.223 e. The van der Waals surface area contributed by atoms with Crippen molar-refractivity contribution in [2.24, 2.45) is 4.99 Å². The van der Waals surface area contributed by atoms with Crippen molar-refractivity contribution in [1.29, 1.82) is 0 Å². The van der Waals surface area contributed by atoms with Gasteiger partial charge in [0, 0.05) is 26.2 Å². The Balaban J connectivity index is 1.40. The number of rotatable bonds is 3. The zero-order valence-electron chi connectivity index (χ0n) is 16.5. The summed E-state index contributed by atoms with van der Waals surface area (Å²) in [5.41, 5.74) is 4.50. The standard InChI is InChI=1S/C21H27ClN6O/c22-19-10-11-23-25-20(19)27-12-14-28(15-13-27)21(26-29)24-18-8-6-17(7-9-18)16-4-2-1-3-5-16/h6-11,16,29H,1-5,12-15H2,(H,24,26). The van der Waals surface area contributed by atoms with E-state index in [9.17, 15) is 5.21 Å². The Labute approximate surface area is 176 Å². The Bertz CT molecular complexity index is 829. The van der Waals surface area contributed by atoms with Gasteiger partial charge in [-0.05, 0) is 42.5 Å². The average molecular weight is 415 g/mol. The van der Waals surface area contributed by atoms with Gasteiger partial charge in [0.25, 0.3) is 0 Å². The summed E-state index contributed by atoms with van der Waals surface area (Å²) < 4.78 is 0. The fraction of sp³-hybridized carbons (Fsp3) is 0.476. The number of benzene rings is 1. The second-order valence-corrected chi connectivity index (χ2v) is 8.06. The SMILES string of the molecule is ONC(=Nc1ccc(C2CCCCC2)cc1)N1CCN(c2nnccc2Cl)CC1. The van der Waals surface area contributed by atoms with Crippen molar-refractivity contribution in [1.82, 2.24) is 20.6 Å². The van der Waals surface area contributed by atoms with E-state index < -0.39 is 0 Å². The fourth-order valence-corrected chi connectivity index (χ4v) is 4.41. The van der Waals surface area contributed by atoms with Crippen molar-refractivity contribution in [3.8, 4) is 0 Å². The molecule has 4 rings (SSSR count). The molecule has 1 saturated carbocycles. The predicted molar refractivity (Wildman–Crippen MR) is 115 cm³/mol. The van der Waals surface area contributed by atoms with Crippen molar-refractivity contribution in [3.05, 3.63) is 47.1 Å². The number of nitrogens with one attached hydrogen (secondary N) is 1. The van der Waals surface area contributed by atoms with Gasteiger partial charge in [0.2, 0.25) is 5.96 Å². The van der Waals surface area contributed by atoms with Crippen molar-refractivity contribution >= 4 is 29.1 Å². The van der Waals surface area contributed by atoms with Crippen LogP contribution in [0.1, 0.15) is 43.6 Å². The smallest absolute Gasteiger partial charge is 0.223 e. The number of hydrogen-bond acceptors (Lipinski definition) is 5. The summed E-state index contributed by atoms with van der Waals surface area (Å²) in [5.74, 6) is 1.83. The van der Waals surface area contributed by atoms with Crippen LogP contribution in [-0.2, 0) is 0 Å². The molecule has 0 unspecified atom stereocenters. The number of piperazine rings is 1. The number of aromatic nitrogens is 2. The maximum atomic E-state index is 9.65. The third-order valence-electron chi connectivity index (χ3n) is 5.84. The molecule has 2 aromatic rings. The average Bonchev–Trinajstić information content (AvgIpc) is 2.79. The summed E-state index contributed by atoms with van der Waals surface area (Å²) in [6, 6.07) is 10.2. The van der Waals surface area contributed by atoms with E-state index in [-0.39, 0.29) is 0 Å². The molecule has 1 aromatic carbocycles. The van der Waals surface area contributed by atoms with Crippen LogP contribution in [-0.4, -0.2) is 52.4 Å². The van der Waals surface area contributed by atoms with Gasteiger partial charge in [-0.2, -0.15) is 5.10 Å². The van der Waals surface area contributed by atoms with Gasteiger partial charge in [-0.25, -0.2) is 10.5 Å². The van der Waals surface area contributed by atoms with E-state index in [1.807, 2.05) is 17.0 Å². The fourth-order valence-electron chi connectivity index (χ4n) is 4.20. The van der Waals surface area contributed by atoms with E-state index in [1.54, 1.807) is 12.3 Å². The zero-order valence-corrected chi connectivity index (χ0v) is 17.2. The first kappa shape index (κ1) is 19.9. The van der Waals surface area contributed by atoms with Crippen molar-refractivity contribution in [3.63, 3.8) is 0 Å². The first-order valence-electron chi connectivity index (χ1n) is 10.3. The lowest BCUT2D eigenvalue weighted by Crippen LogP contribution is -2.52. The minimum Gasteiger partial charge on any atom is -0.350 e. The highest BCUT2D eigenvalue weighted by Gasteiger charge is 2.22. The Morgan fingerprint density at radius 3 is 2.41 bits per heavy atom. The molecular weight excluding hydrogens is 388 g/mol. The molecule has 1 saturated heterocycles. The maximum absolute atomic E-state index is 9.65. The van der Waals surface area contributed by atoms with Crippen LogP contribution >= 0.6 is 11.6 Å². The quantitative estimate of drug-likeness (QED) is 0.449. The Hall–Kier alpha value is -2.38. The van der Waals surface area contributed by atoms with Gasteiger partial charge >= 0.3 is 0 Å². The summed E-state index contributed by atoms with van der Waals surface area (Å²) >= 11 is 6.23. The summed E-state index contributed by atoms with van der Waals surface area (Å²) in [7, 11) is 0. The van der Waals surface area contributed by atoms with Crippen molar-refractivity contribution in [2.75, 3.05) is 31.1 Å². The largest absolute Gasteiger partial charge is 0.350 e. The number of anilines is 1. The number of hydroxylamine groups is 1. The molecule has 2 N–H and O–H groups in total. The summed E-state index contributed by atoms with van der Waals surface area (Å²) in [5, 5.41) is 18.3. The number of aliphatic imine (C=N–C) groups is 1. The molecule has 0 atom stereocenters. The lowest BCUT2D eigenvalue weighted by atomic mass is 9.84. The van der Waals surface area contributed by atoms with E-state index in [0.29, 0.717) is 35.8 Å². The van der Waals surface area contributed by atoms with E-state index in [0.717, 1.165) is 18.8 Å². The second-order valence-electron chi connectivity index (χ2n) is 7.65. The predicted octanol–water partition coefficient (Wildman–Crippen LogP) is 3.97. The van der Waals surface area contributed by atoms with Gasteiger partial charge < -0.3 is 9.80 Å².